The van der Waals surface area contributed by atoms with Crippen molar-refractivity contribution in [2.24, 2.45) is 0 Å². The van der Waals surface area contributed by atoms with Crippen LogP contribution in [-0.2, 0) is 14.9 Å². The highest BCUT2D eigenvalue weighted by Crippen LogP contribution is 2.29. The number of fused-ring (bicyclic) bond motifs is 1. The van der Waals surface area contributed by atoms with Gasteiger partial charge in [0, 0.05) is 11.1 Å². The molecule has 0 aliphatic rings. The molecule has 0 bridgehead atoms. The molecular formula is C21H21NO6S. The number of aliphatic hydroxyl groups excluding tert-OH is 1. The predicted molar refractivity (Wildman–Crippen MR) is 109 cm³/mol. The molecule has 0 fully saturated rings. The highest BCUT2D eigenvalue weighted by Gasteiger charge is 2.22. The third kappa shape index (κ3) is 4.67. The zero-order valence-electron chi connectivity index (χ0n) is 16.0. The molecule has 0 aromatic heterocycles. The molecule has 3 aromatic carbocycles. The zero-order chi connectivity index (χ0) is 21.0. The minimum atomic E-state index is -4.22. The fraction of sp³-hybridized carbons (Fsp3) is 0.190. The van der Waals surface area contributed by atoms with Crippen LogP contribution in [0.25, 0.3) is 10.8 Å². The van der Waals surface area contributed by atoms with E-state index >= 15 is 0 Å². The number of hydrogen-bond donors (Lipinski definition) is 2. The van der Waals surface area contributed by atoms with Gasteiger partial charge >= 0.3 is 16.1 Å². The summed E-state index contributed by atoms with van der Waals surface area (Å²) in [6, 6.07) is 15.9. The molecule has 0 unspecified atom stereocenters. The Morgan fingerprint density at radius 2 is 1.83 bits per heavy atom. The highest BCUT2D eigenvalue weighted by molar-refractivity contribution is 7.87. The van der Waals surface area contributed by atoms with E-state index < -0.39 is 16.1 Å². The van der Waals surface area contributed by atoms with Crippen LogP contribution in [0, 0.1) is 0 Å². The van der Waals surface area contributed by atoms with E-state index in [1.165, 1.54) is 24.3 Å². The van der Waals surface area contributed by atoms with E-state index in [9.17, 15) is 13.2 Å². The molecule has 0 saturated heterocycles. The number of aliphatic hydroxyl groups is 1. The van der Waals surface area contributed by atoms with E-state index in [1.54, 1.807) is 44.2 Å². The van der Waals surface area contributed by atoms with E-state index in [2.05, 4.69) is 5.32 Å². The number of anilines is 1. The topological polar surface area (TPSA) is 102 Å². The molecule has 8 heteroatoms. The summed E-state index contributed by atoms with van der Waals surface area (Å²) in [4.78, 5) is 12.2. The number of esters is 1. The summed E-state index contributed by atoms with van der Waals surface area (Å²) < 4.78 is 36.2. The number of nitrogens with one attached hydrogen (secondary N) is 1. The Balaban J connectivity index is 1.99. The molecule has 3 rings (SSSR count). The van der Waals surface area contributed by atoms with Crippen molar-refractivity contribution in [3.05, 3.63) is 66.2 Å². The first-order valence-corrected chi connectivity index (χ1v) is 10.3. The van der Waals surface area contributed by atoms with Crippen molar-refractivity contribution in [2.75, 3.05) is 12.0 Å². The minimum Gasteiger partial charge on any atom is -0.459 e. The monoisotopic (exact) mass is 415 g/mol. The second-order valence-corrected chi connectivity index (χ2v) is 8.06. The summed E-state index contributed by atoms with van der Waals surface area (Å²) in [5, 5.41) is 13.3. The molecule has 0 saturated carbocycles. The van der Waals surface area contributed by atoms with E-state index in [1.807, 2.05) is 6.07 Å². The molecule has 0 radical (unpaired) electrons. The van der Waals surface area contributed by atoms with Crippen LogP contribution < -0.4 is 9.50 Å². The van der Waals surface area contributed by atoms with Crippen molar-refractivity contribution >= 4 is 32.5 Å². The Kier molecular flexibility index (Phi) is 6.05. The normalized spacial score (nSPS) is 11.4. The van der Waals surface area contributed by atoms with Gasteiger partial charge in [-0.1, -0.05) is 30.3 Å². The summed E-state index contributed by atoms with van der Waals surface area (Å²) in [6.07, 6.45) is -0.356. The largest absolute Gasteiger partial charge is 0.459 e. The summed E-state index contributed by atoms with van der Waals surface area (Å²) in [7, 11) is -4.22. The third-order valence-corrected chi connectivity index (χ3v) is 5.29. The number of para-hydroxylation sites is 1. The van der Waals surface area contributed by atoms with Gasteiger partial charge in [-0.15, -0.1) is 0 Å². The molecule has 0 aliphatic heterocycles. The predicted octanol–water partition coefficient (Wildman–Crippen LogP) is 3.53. The molecule has 152 valence electrons. The summed E-state index contributed by atoms with van der Waals surface area (Å²) in [5.74, 6) is -0.779. The number of ether oxygens (including phenoxy) is 1. The molecule has 0 spiro atoms. The van der Waals surface area contributed by atoms with E-state index in [4.69, 9.17) is 14.0 Å². The molecule has 0 amide bonds. The molecule has 7 nitrogen and oxygen atoms in total. The number of hydrogen-bond acceptors (Lipinski definition) is 7. The maximum absolute atomic E-state index is 12.9. The molecular weight excluding hydrogens is 394 g/mol. The van der Waals surface area contributed by atoms with Crippen LogP contribution in [0.4, 0.5) is 5.69 Å². The Morgan fingerprint density at radius 3 is 2.55 bits per heavy atom. The molecule has 0 atom stereocenters. The van der Waals surface area contributed by atoms with Crippen molar-refractivity contribution in [3.63, 3.8) is 0 Å². The second-order valence-electron chi connectivity index (χ2n) is 6.51. The van der Waals surface area contributed by atoms with Crippen molar-refractivity contribution in [3.8, 4) is 5.75 Å². The first-order valence-electron chi connectivity index (χ1n) is 8.94. The van der Waals surface area contributed by atoms with Gasteiger partial charge in [0.25, 0.3) is 0 Å². The van der Waals surface area contributed by atoms with Gasteiger partial charge in [-0.25, -0.2) is 4.79 Å². The van der Waals surface area contributed by atoms with Crippen molar-refractivity contribution < 1.29 is 27.2 Å². The van der Waals surface area contributed by atoms with Crippen LogP contribution in [0.1, 0.15) is 24.2 Å². The van der Waals surface area contributed by atoms with Crippen LogP contribution in [0.2, 0.25) is 0 Å². The van der Waals surface area contributed by atoms with Crippen LogP contribution in [0.15, 0.2) is 65.6 Å². The van der Waals surface area contributed by atoms with Crippen LogP contribution >= 0.6 is 0 Å². The smallest absolute Gasteiger partial charge is 0.342 e. The second kappa shape index (κ2) is 8.50. The maximum Gasteiger partial charge on any atom is 0.342 e. The number of rotatable bonds is 7. The van der Waals surface area contributed by atoms with Crippen LogP contribution in [0.3, 0.4) is 0 Å². The molecule has 0 heterocycles. The van der Waals surface area contributed by atoms with Gasteiger partial charge in [0.1, 0.15) is 17.2 Å². The van der Waals surface area contributed by atoms with Gasteiger partial charge in [-0.2, -0.15) is 8.42 Å². The van der Waals surface area contributed by atoms with Gasteiger partial charge in [-0.3, -0.25) is 0 Å². The summed E-state index contributed by atoms with van der Waals surface area (Å²) in [5.41, 5.74) is 0.608. The third-order valence-electron chi connectivity index (χ3n) is 4.06. The van der Waals surface area contributed by atoms with Crippen LogP contribution in [0.5, 0.6) is 5.75 Å². The lowest BCUT2D eigenvalue weighted by molar-refractivity contribution is 0.0376. The highest BCUT2D eigenvalue weighted by atomic mass is 32.2. The first kappa shape index (κ1) is 20.6. The number of carbonyl (C=O) groups excluding carboxylic acids is 1. The standard InChI is InChI=1S/C21H21NO6S/c1-14(2)27-21(24)17-7-3-4-9-20(17)28-29(25,26)16-11-10-15-6-5-8-19(22-13-23)18(15)12-16/h3-12,14,22-23H,13H2,1-2H3. The molecule has 3 aromatic rings. The lowest BCUT2D eigenvalue weighted by Gasteiger charge is -2.13. The summed E-state index contributed by atoms with van der Waals surface area (Å²) >= 11 is 0. The molecule has 29 heavy (non-hydrogen) atoms. The zero-order valence-corrected chi connectivity index (χ0v) is 16.8. The Bertz CT molecular complexity index is 1140. The maximum atomic E-state index is 12.9. The molecule has 2 N–H and O–H groups in total. The fourth-order valence-corrected chi connectivity index (χ4v) is 3.77. The van der Waals surface area contributed by atoms with E-state index in [0.29, 0.717) is 11.1 Å². The van der Waals surface area contributed by atoms with Gasteiger partial charge in [0.15, 0.2) is 5.75 Å². The number of carbonyl (C=O) groups is 1. The van der Waals surface area contributed by atoms with E-state index in [-0.39, 0.29) is 29.0 Å². The first-order chi connectivity index (χ1) is 13.8. The quantitative estimate of drug-likeness (QED) is 0.346. The average molecular weight is 415 g/mol. The van der Waals surface area contributed by atoms with Gasteiger partial charge in [-0.05, 0) is 49.6 Å². The Labute approximate surface area is 169 Å². The average Bonchev–Trinajstić information content (AvgIpc) is 2.67. The lowest BCUT2D eigenvalue weighted by atomic mass is 10.1. The van der Waals surface area contributed by atoms with Gasteiger partial charge in [0.05, 0.1) is 6.10 Å². The van der Waals surface area contributed by atoms with E-state index in [0.717, 1.165) is 5.39 Å². The number of benzene rings is 3. The van der Waals surface area contributed by atoms with Crippen LogP contribution in [-0.4, -0.2) is 32.3 Å². The SMILES string of the molecule is CC(C)OC(=O)c1ccccc1OS(=O)(=O)c1ccc2cccc(NCO)c2c1. The Morgan fingerprint density at radius 1 is 1.07 bits per heavy atom. The van der Waals surface area contributed by atoms with Crippen molar-refractivity contribution in [1.82, 2.24) is 0 Å². The lowest BCUT2D eigenvalue weighted by Crippen LogP contribution is -2.16. The van der Waals surface area contributed by atoms with Gasteiger partial charge in [0.2, 0.25) is 0 Å². The van der Waals surface area contributed by atoms with Crippen molar-refractivity contribution in [1.29, 1.82) is 0 Å². The van der Waals surface area contributed by atoms with Crippen molar-refractivity contribution in [2.45, 2.75) is 24.8 Å². The fourth-order valence-electron chi connectivity index (χ4n) is 2.80. The Hall–Kier alpha value is -3.10. The summed E-state index contributed by atoms with van der Waals surface area (Å²) in [6.45, 7) is 3.11. The molecule has 0 aliphatic carbocycles. The minimum absolute atomic E-state index is 0.0215. The van der Waals surface area contributed by atoms with Gasteiger partial charge < -0.3 is 19.3 Å².